The number of nitrogens with zero attached hydrogens (tertiary/aromatic N) is 2. The van der Waals surface area contributed by atoms with Crippen LogP contribution < -0.4 is 10.1 Å². The second kappa shape index (κ2) is 10.3. The van der Waals surface area contributed by atoms with E-state index in [9.17, 15) is 14.4 Å². The van der Waals surface area contributed by atoms with Crippen molar-refractivity contribution in [1.82, 2.24) is 9.80 Å². The normalized spacial score (nSPS) is 15.1. The molecule has 3 amide bonds. The summed E-state index contributed by atoms with van der Waals surface area (Å²) in [6.45, 7) is 5.11. The van der Waals surface area contributed by atoms with E-state index in [4.69, 9.17) is 16.3 Å². The molecule has 164 valence electrons. The maximum absolute atomic E-state index is 12.9. The monoisotopic (exact) mass is 443 g/mol. The van der Waals surface area contributed by atoms with Crippen LogP contribution in [-0.4, -0.2) is 59.8 Å². The van der Waals surface area contributed by atoms with Gasteiger partial charge in [-0.15, -0.1) is 0 Å². The summed E-state index contributed by atoms with van der Waals surface area (Å²) in [4.78, 5) is 40.4. The molecule has 31 heavy (non-hydrogen) atoms. The Hall–Kier alpha value is -3.06. The fraction of sp³-hybridized carbons (Fsp3) is 0.348. The SMILES string of the molecule is CC(=O)c1cccc(OC(C)C(=O)N2CCCN(C(=O)Nc3cccc(Cl)c3)CC2)c1. The highest BCUT2D eigenvalue weighted by atomic mass is 35.5. The molecule has 1 fully saturated rings. The van der Waals surface area contributed by atoms with Gasteiger partial charge in [0.05, 0.1) is 0 Å². The van der Waals surface area contributed by atoms with Crippen molar-refractivity contribution in [3.05, 3.63) is 59.1 Å². The molecule has 0 radical (unpaired) electrons. The van der Waals surface area contributed by atoms with Gasteiger partial charge in [-0.25, -0.2) is 4.79 Å². The number of rotatable bonds is 5. The zero-order valence-electron chi connectivity index (χ0n) is 17.6. The average molecular weight is 444 g/mol. The van der Waals surface area contributed by atoms with Crippen LogP contribution in [0.2, 0.25) is 5.02 Å². The Labute approximate surface area is 186 Å². The summed E-state index contributed by atoms with van der Waals surface area (Å²) in [5, 5.41) is 3.39. The smallest absolute Gasteiger partial charge is 0.321 e. The molecular weight excluding hydrogens is 418 g/mol. The number of amides is 3. The number of urea groups is 1. The molecule has 0 saturated carbocycles. The topological polar surface area (TPSA) is 79.0 Å². The molecular formula is C23H26ClN3O4. The molecule has 2 aromatic rings. The van der Waals surface area contributed by atoms with E-state index >= 15 is 0 Å². The van der Waals surface area contributed by atoms with Crippen LogP contribution in [0.4, 0.5) is 10.5 Å². The Morgan fingerprint density at radius 3 is 2.45 bits per heavy atom. The van der Waals surface area contributed by atoms with Gasteiger partial charge in [0.15, 0.2) is 11.9 Å². The van der Waals surface area contributed by atoms with Crippen molar-refractivity contribution in [2.24, 2.45) is 0 Å². The number of carbonyl (C=O) groups is 3. The Morgan fingerprint density at radius 2 is 1.71 bits per heavy atom. The maximum atomic E-state index is 12.9. The Morgan fingerprint density at radius 1 is 1.00 bits per heavy atom. The average Bonchev–Trinajstić information content (AvgIpc) is 2.99. The lowest BCUT2D eigenvalue weighted by atomic mass is 10.1. The summed E-state index contributed by atoms with van der Waals surface area (Å²) in [7, 11) is 0. The molecule has 1 heterocycles. The predicted octanol–water partition coefficient (Wildman–Crippen LogP) is 4.08. The summed E-state index contributed by atoms with van der Waals surface area (Å²) in [6.07, 6.45) is -0.0321. The van der Waals surface area contributed by atoms with Gasteiger partial charge in [0.2, 0.25) is 0 Å². The standard InChI is InChI=1S/C23H26ClN3O4/c1-16(28)18-6-3-9-21(14-18)31-17(2)22(29)26-10-5-11-27(13-12-26)23(30)25-20-8-4-7-19(24)15-20/h3-4,6-9,14-15,17H,5,10-13H2,1-2H3,(H,25,30). The van der Waals surface area contributed by atoms with Gasteiger partial charge >= 0.3 is 6.03 Å². The van der Waals surface area contributed by atoms with E-state index in [2.05, 4.69) is 5.32 Å². The van der Waals surface area contributed by atoms with Crippen molar-refractivity contribution >= 4 is 35.0 Å². The molecule has 8 heteroatoms. The van der Waals surface area contributed by atoms with E-state index in [1.54, 1.807) is 65.3 Å². The van der Waals surface area contributed by atoms with Crippen molar-refractivity contribution in [3.8, 4) is 5.75 Å². The van der Waals surface area contributed by atoms with Crippen LogP contribution in [0, 0.1) is 0 Å². The van der Waals surface area contributed by atoms with E-state index in [-0.39, 0.29) is 17.7 Å². The number of nitrogens with one attached hydrogen (secondary N) is 1. The van der Waals surface area contributed by atoms with Crippen molar-refractivity contribution < 1.29 is 19.1 Å². The van der Waals surface area contributed by atoms with Gasteiger partial charge in [0.25, 0.3) is 5.91 Å². The van der Waals surface area contributed by atoms with Crippen LogP contribution in [0.15, 0.2) is 48.5 Å². The summed E-state index contributed by atoms with van der Waals surface area (Å²) < 4.78 is 5.78. The molecule has 1 atom stereocenters. The number of benzene rings is 2. The van der Waals surface area contributed by atoms with Crippen LogP contribution in [-0.2, 0) is 4.79 Å². The second-order valence-electron chi connectivity index (χ2n) is 7.45. The number of anilines is 1. The summed E-state index contributed by atoms with van der Waals surface area (Å²) in [6, 6.07) is 13.6. The van der Waals surface area contributed by atoms with Gasteiger partial charge in [0, 0.05) is 42.5 Å². The van der Waals surface area contributed by atoms with E-state index in [1.165, 1.54) is 6.92 Å². The number of Topliss-reactive ketones (excluding diaryl/α,β-unsaturated/α-hetero) is 1. The molecule has 1 aliphatic rings. The maximum Gasteiger partial charge on any atom is 0.321 e. The van der Waals surface area contributed by atoms with Crippen LogP contribution >= 0.6 is 11.6 Å². The zero-order valence-corrected chi connectivity index (χ0v) is 18.4. The summed E-state index contributed by atoms with van der Waals surface area (Å²) in [5.41, 5.74) is 1.16. The van der Waals surface area contributed by atoms with Crippen LogP contribution in [0.25, 0.3) is 0 Å². The Balaban J connectivity index is 1.55. The van der Waals surface area contributed by atoms with Gasteiger partial charge < -0.3 is 19.9 Å². The number of ketones is 1. The minimum atomic E-state index is -0.700. The molecule has 2 aromatic carbocycles. The highest BCUT2D eigenvalue weighted by molar-refractivity contribution is 6.30. The van der Waals surface area contributed by atoms with E-state index in [0.717, 1.165) is 0 Å². The Bertz CT molecular complexity index is 965. The lowest BCUT2D eigenvalue weighted by Crippen LogP contribution is -2.43. The molecule has 1 saturated heterocycles. The first-order chi connectivity index (χ1) is 14.8. The van der Waals surface area contributed by atoms with E-state index in [1.807, 2.05) is 0 Å². The summed E-state index contributed by atoms with van der Waals surface area (Å²) >= 11 is 5.97. The molecule has 3 rings (SSSR count). The first-order valence-corrected chi connectivity index (χ1v) is 10.6. The van der Waals surface area contributed by atoms with Crippen LogP contribution in [0.1, 0.15) is 30.6 Å². The van der Waals surface area contributed by atoms with E-state index < -0.39 is 6.10 Å². The molecule has 0 bridgehead atoms. The van der Waals surface area contributed by atoms with E-state index in [0.29, 0.717) is 54.6 Å². The third-order valence-corrected chi connectivity index (χ3v) is 5.31. The molecule has 1 aliphatic heterocycles. The van der Waals surface area contributed by atoms with Gasteiger partial charge in [-0.05, 0) is 50.6 Å². The van der Waals surface area contributed by atoms with Crippen LogP contribution in [0.3, 0.4) is 0 Å². The lowest BCUT2D eigenvalue weighted by molar-refractivity contribution is -0.137. The molecule has 1 unspecified atom stereocenters. The van der Waals surface area contributed by atoms with Gasteiger partial charge in [-0.2, -0.15) is 0 Å². The minimum absolute atomic E-state index is 0.0620. The van der Waals surface area contributed by atoms with Crippen molar-refractivity contribution in [3.63, 3.8) is 0 Å². The van der Waals surface area contributed by atoms with Gasteiger partial charge in [0.1, 0.15) is 5.75 Å². The van der Waals surface area contributed by atoms with Crippen molar-refractivity contribution in [2.45, 2.75) is 26.4 Å². The summed E-state index contributed by atoms with van der Waals surface area (Å²) in [5.74, 6) is 0.268. The predicted molar refractivity (Wildman–Crippen MR) is 120 cm³/mol. The quantitative estimate of drug-likeness (QED) is 0.706. The first-order valence-electron chi connectivity index (χ1n) is 10.2. The van der Waals surface area contributed by atoms with Crippen molar-refractivity contribution in [1.29, 1.82) is 0 Å². The second-order valence-corrected chi connectivity index (χ2v) is 7.89. The van der Waals surface area contributed by atoms with Gasteiger partial charge in [-0.3, -0.25) is 9.59 Å². The molecule has 0 spiro atoms. The first kappa shape index (κ1) is 22.6. The molecule has 1 N–H and O–H groups in total. The highest BCUT2D eigenvalue weighted by Gasteiger charge is 2.26. The third kappa shape index (κ3) is 6.21. The fourth-order valence-electron chi connectivity index (χ4n) is 3.41. The fourth-order valence-corrected chi connectivity index (χ4v) is 3.60. The number of halogens is 1. The largest absolute Gasteiger partial charge is 0.481 e. The minimum Gasteiger partial charge on any atom is -0.481 e. The zero-order chi connectivity index (χ0) is 22.4. The number of hydrogen-bond acceptors (Lipinski definition) is 4. The van der Waals surface area contributed by atoms with Gasteiger partial charge in [-0.1, -0.05) is 29.8 Å². The molecule has 7 nitrogen and oxygen atoms in total. The lowest BCUT2D eigenvalue weighted by Gasteiger charge is -2.25. The highest BCUT2D eigenvalue weighted by Crippen LogP contribution is 2.18. The Kier molecular flexibility index (Phi) is 7.52. The molecule has 0 aromatic heterocycles. The van der Waals surface area contributed by atoms with Crippen molar-refractivity contribution in [2.75, 3.05) is 31.5 Å². The number of carbonyl (C=O) groups excluding carboxylic acids is 3. The number of hydrogen-bond donors (Lipinski definition) is 1. The number of ether oxygens (including phenoxy) is 1. The third-order valence-electron chi connectivity index (χ3n) is 5.07. The van der Waals surface area contributed by atoms with Crippen LogP contribution in [0.5, 0.6) is 5.75 Å². The molecule has 0 aliphatic carbocycles.